The summed E-state index contributed by atoms with van der Waals surface area (Å²) in [5.74, 6) is 2.08. The summed E-state index contributed by atoms with van der Waals surface area (Å²) >= 11 is 2.88. The van der Waals surface area contributed by atoms with Crippen molar-refractivity contribution < 1.29 is 23.8 Å². The molecule has 5 aromatic rings. The van der Waals surface area contributed by atoms with E-state index < -0.39 is 0 Å². The van der Waals surface area contributed by atoms with Crippen molar-refractivity contribution in [1.29, 1.82) is 0 Å². The van der Waals surface area contributed by atoms with Crippen LogP contribution in [0.25, 0.3) is 0 Å². The Kier molecular flexibility index (Phi) is 10.9. The number of hydrogen-bond acceptors (Lipinski definition) is 10. The van der Waals surface area contributed by atoms with Crippen molar-refractivity contribution in [1.82, 2.24) is 25.1 Å². The van der Waals surface area contributed by atoms with Crippen LogP contribution in [0.1, 0.15) is 44.6 Å². The Morgan fingerprint density at radius 1 is 0.918 bits per heavy atom. The van der Waals surface area contributed by atoms with Gasteiger partial charge in [0, 0.05) is 24.1 Å². The Morgan fingerprint density at radius 2 is 1.73 bits per heavy atom. The molecule has 6 rings (SSSR count). The molecule has 0 bridgehead atoms. The van der Waals surface area contributed by atoms with Gasteiger partial charge < -0.3 is 24.1 Å². The first kappa shape index (κ1) is 33.7. The molecule has 0 aliphatic carbocycles. The number of hydrazone groups is 1. The van der Waals surface area contributed by atoms with Crippen LogP contribution in [-0.4, -0.2) is 64.4 Å². The zero-order valence-electron chi connectivity index (χ0n) is 27.4. The van der Waals surface area contributed by atoms with E-state index >= 15 is 0 Å². The lowest BCUT2D eigenvalue weighted by Gasteiger charge is -2.24. The molecule has 2 aromatic heterocycles. The molecule has 11 nitrogen and oxygen atoms in total. The van der Waals surface area contributed by atoms with Crippen LogP contribution < -0.4 is 19.5 Å². The van der Waals surface area contributed by atoms with Gasteiger partial charge in [0.15, 0.2) is 22.5 Å². The number of thiophene rings is 1. The summed E-state index contributed by atoms with van der Waals surface area (Å²) in [6, 6.07) is 26.3. The molecule has 49 heavy (non-hydrogen) atoms. The quantitative estimate of drug-likeness (QED) is 0.140. The number of thioether (sulfide) groups is 1. The molecule has 3 heterocycles. The van der Waals surface area contributed by atoms with Gasteiger partial charge >= 0.3 is 0 Å². The smallest absolute Gasteiger partial charge is 0.253 e. The van der Waals surface area contributed by atoms with E-state index in [9.17, 15) is 9.59 Å². The van der Waals surface area contributed by atoms with Gasteiger partial charge in [0.25, 0.3) is 11.8 Å². The SMILES string of the molecule is COc1ccc(C(=O)NCc2nnc(SCC(=O)N3N=C(c4cccs4)C[C@H]3c3cccc(OC)c3OC)n2CCc2ccccc2)cc1. The van der Waals surface area contributed by atoms with Crippen molar-refractivity contribution in [3.63, 3.8) is 0 Å². The van der Waals surface area contributed by atoms with Crippen molar-refractivity contribution in [3.8, 4) is 17.2 Å². The molecule has 1 aliphatic heterocycles. The third-order valence-corrected chi connectivity index (χ3v) is 9.98. The number of carbonyl (C=O) groups is 2. The summed E-state index contributed by atoms with van der Waals surface area (Å²) in [4.78, 5) is 27.9. The molecule has 252 valence electrons. The van der Waals surface area contributed by atoms with E-state index in [0.29, 0.717) is 46.8 Å². The highest BCUT2D eigenvalue weighted by Crippen LogP contribution is 2.42. The van der Waals surface area contributed by atoms with Gasteiger partial charge in [-0.05, 0) is 53.8 Å². The van der Waals surface area contributed by atoms with Gasteiger partial charge in [0.2, 0.25) is 0 Å². The predicted molar refractivity (Wildman–Crippen MR) is 190 cm³/mol. The van der Waals surface area contributed by atoms with Gasteiger partial charge in [0.1, 0.15) is 5.75 Å². The summed E-state index contributed by atoms with van der Waals surface area (Å²) < 4.78 is 18.5. The predicted octanol–water partition coefficient (Wildman–Crippen LogP) is 6.01. The Hall–Kier alpha value is -5.14. The first-order valence-corrected chi connectivity index (χ1v) is 17.5. The molecule has 0 spiro atoms. The summed E-state index contributed by atoms with van der Waals surface area (Å²) in [5.41, 5.74) is 3.31. The zero-order chi connectivity index (χ0) is 34.2. The van der Waals surface area contributed by atoms with E-state index in [-0.39, 0.29) is 30.2 Å². The number of amides is 2. The molecule has 13 heteroatoms. The maximum atomic E-state index is 14.0. The van der Waals surface area contributed by atoms with Crippen LogP contribution in [0.15, 0.2) is 101 Å². The van der Waals surface area contributed by atoms with Crippen LogP contribution in [0, 0.1) is 0 Å². The summed E-state index contributed by atoms with van der Waals surface area (Å²) in [6.07, 6.45) is 1.25. The molecule has 0 saturated carbocycles. The minimum atomic E-state index is -0.380. The van der Waals surface area contributed by atoms with Crippen LogP contribution in [0.3, 0.4) is 0 Å². The lowest BCUT2D eigenvalue weighted by atomic mass is 9.99. The van der Waals surface area contributed by atoms with Crippen molar-refractivity contribution in [2.24, 2.45) is 5.10 Å². The maximum absolute atomic E-state index is 14.0. The molecular formula is C36H36N6O5S2. The Balaban J connectivity index is 1.22. The summed E-state index contributed by atoms with van der Waals surface area (Å²) in [7, 11) is 4.77. The van der Waals surface area contributed by atoms with Crippen LogP contribution in [0.2, 0.25) is 0 Å². The molecule has 1 aliphatic rings. The topological polar surface area (TPSA) is 120 Å². The minimum Gasteiger partial charge on any atom is -0.497 e. The van der Waals surface area contributed by atoms with Crippen LogP contribution in [-0.2, 0) is 24.3 Å². The first-order chi connectivity index (χ1) is 24.0. The zero-order valence-corrected chi connectivity index (χ0v) is 29.0. The highest BCUT2D eigenvalue weighted by molar-refractivity contribution is 7.99. The van der Waals surface area contributed by atoms with E-state index in [1.165, 1.54) is 11.8 Å². The second kappa shape index (κ2) is 15.8. The fourth-order valence-corrected chi connectivity index (χ4v) is 7.17. The van der Waals surface area contributed by atoms with Crippen LogP contribution >= 0.6 is 23.1 Å². The molecule has 2 amide bonds. The number of nitrogens with zero attached hydrogens (tertiary/aromatic N) is 5. The number of aryl methyl sites for hydroxylation is 1. The molecule has 0 unspecified atom stereocenters. The molecule has 0 saturated heterocycles. The average Bonchev–Trinajstić information content (AvgIpc) is 3.92. The second-order valence-corrected chi connectivity index (χ2v) is 12.9. The number of para-hydroxylation sites is 1. The number of benzene rings is 3. The molecule has 3 aromatic carbocycles. The largest absolute Gasteiger partial charge is 0.497 e. The van der Waals surface area contributed by atoms with Gasteiger partial charge in [-0.15, -0.1) is 21.5 Å². The standard InChI is InChI=1S/C36H36N6O5S2/c1-45-26-16-14-25(15-17-26)35(44)37-22-32-38-39-36(41(32)19-18-24-9-5-4-6-10-24)49-23-33(43)42-29(21-28(40-42)31-13-8-20-48-31)27-11-7-12-30(46-2)34(27)47-3/h4-17,20,29H,18-19,21-23H2,1-3H3,(H,37,44)/t29-/m0/s1. The number of carbonyl (C=O) groups excluding carboxylic acids is 2. The van der Waals surface area contributed by atoms with E-state index in [2.05, 4.69) is 27.6 Å². The van der Waals surface area contributed by atoms with E-state index in [1.807, 2.05) is 58.5 Å². The third-order valence-electron chi connectivity index (χ3n) is 8.11. The maximum Gasteiger partial charge on any atom is 0.253 e. The molecule has 0 radical (unpaired) electrons. The van der Waals surface area contributed by atoms with Gasteiger partial charge in [-0.1, -0.05) is 60.3 Å². The first-order valence-electron chi connectivity index (χ1n) is 15.6. The molecule has 0 fully saturated rings. The summed E-state index contributed by atoms with van der Waals surface area (Å²) in [6.45, 7) is 0.731. The Labute approximate surface area is 292 Å². The van der Waals surface area contributed by atoms with Crippen molar-refractivity contribution >= 4 is 40.6 Å². The fraction of sp³-hybridized carbons (Fsp3) is 0.250. The average molecular weight is 697 g/mol. The number of methoxy groups -OCH3 is 3. The van der Waals surface area contributed by atoms with E-state index in [0.717, 1.165) is 28.1 Å². The minimum absolute atomic E-state index is 0.0751. The Bertz CT molecular complexity index is 1910. The Morgan fingerprint density at radius 3 is 2.45 bits per heavy atom. The second-order valence-electron chi connectivity index (χ2n) is 11.1. The molecular weight excluding hydrogens is 661 g/mol. The van der Waals surface area contributed by atoms with Gasteiger partial charge in [-0.3, -0.25) is 9.59 Å². The molecule has 1 N–H and O–H groups in total. The van der Waals surface area contributed by atoms with Crippen molar-refractivity contribution in [2.75, 3.05) is 27.1 Å². The number of rotatable bonds is 14. The fourth-order valence-electron chi connectivity index (χ4n) is 5.61. The van der Waals surface area contributed by atoms with Gasteiger partial charge in [-0.25, -0.2) is 5.01 Å². The normalized spacial score (nSPS) is 14.0. The van der Waals surface area contributed by atoms with E-state index in [1.54, 1.807) is 61.9 Å². The number of ether oxygens (including phenoxy) is 3. The lowest BCUT2D eigenvalue weighted by molar-refractivity contribution is -0.130. The number of aromatic nitrogens is 3. The highest BCUT2D eigenvalue weighted by Gasteiger charge is 2.36. The third kappa shape index (κ3) is 7.79. The van der Waals surface area contributed by atoms with Gasteiger partial charge in [0.05, 0.1) is 50.3 Å². The van der Waals surface area contributed by atoms with E-state index in [4.69, 9.17) is 19.3 Å². The van der Waals surface area contributed by atoms with Crippen molar-refractivity contribution in [3.05, 3.63) is 118 Å². The number of nitrogens with one attached hydrogen (secondary N) is 1. The summed E-state index contributed by atoms with van der Waals surface area (Å²) in [5, 5.41) is 20.8. The molecule has 1 atom stereocenters. The van der Waals surface area contributed by atoms with Gasteiger partial charge in [-0.2, -0.15) is 5.10 Å². The monoisotopic (exact) mass is 696 g/mol. The highest BCUT2D eigenvalue weighted by atomic mass is 32.2. The van der Waals surface area contributed by atoms with Crippen molar-refractivity contribution in [2.45, 2.75) is 37.1 Å². The number of hydrogen-bond donors (Lipinski definition) is 1. The van der Waals surface area contributed by atoms with Crippen LogP contribution in [0.5, 0.6) is 17.2 Å². The lowest BCUT2D eigenvalue weighted by Crippen LogP contribution is -2.29. The van der Waals surface area contributed by atoms with Crippen LogP contribution in [0.4, 0.5) is 0 Å².